The monoisotopic (exact) mass is 428 g/mol. The average Bonchev–Trinajstić information content (AvgIpc) is 3.40. The number of carbonyl (C=O) groups excluding carboxylic acids is 1. The quantitative estimate of drug-likeness (QED) is 0.606. The molecule has 1 atom stereocenters. The lowest BCUT2D eigenvalue weighted by Gasteiger charge is -2.12. The maximum absolute atomic E-state index is 12.5. The molecule has 29 heavy (non-hydrogen) atoms. The Morgan fingerprint density at radius 2 is 1.97 bits per heavy atom. The minimum absolute atomic E-state index is 0.0613. The van der Waals surface area contributed by atoms with Gasteiger partial charge in [-0.3, -0.25) is 4.79 Å². The van der Waals surface area contributed by atoms with E-state index in [-0.39, 0.29) is 23.5 Å². The summed E-state index contributed by atoms with van der Waals surface area (Å²) in [6.07, 6.45) is 0.605. The number of hydrogen-bond donors (Lipinski definition) is 2. The van der Waals surface area contributed by atoms with Gasteiger partial charge in [-0.25, -0.2) is 13.1 Å². The van der Waals surface area contributed by atoms with Crippen molar-refractivity contribution in [1.82, 2.24) is 10.0 Å². The number of sulfonamides is 1. The standard InChI is InChI=1S/C21H20N2O4S2/c24-21(22-13-17-11-15-5-1-2-9-20(15)27-17)16-6-3-8-19(12-16)29(25,26)23-14-18-7-4-10-28-18/h1-10,12,17,23H,11,13-14H2,(H,22,24). The molecule has 1 unspecified atom stereocenters. The number of fused-ring (bicyclic) bond motifs is 1. The number of para-hydroxylation sites is 1. The Balaban J connectivity index is 1.37. The molecule has 0 radical (unpaired) electrons. The van der Waals surface area contributed by atoms with E-state index < -0.39 is 10.0 Å². The van der Waals surface area contributed by atoms with Crippen LogP contribution in [0.15, 0.2) is 70.9 Å². The molecule has 0 saturated carbocycles. The Morgan fingerprint density at radius 3 is 2.76 bits per heavy atom. The molecule has 1 aliphatic heterocycles. The Morgan fingerprint density at radius 1 is 1.10 bits per heavy atom. The van der Waals surface area contributed by atoms with Crippen LogP contribution >= 0.6 is 11.3 Å². The van der Waals surface area contributed by atoms with Crippen molar-refractivity contribution in [3.8, 4) is 5.75 Å². The molecule has 1 aromatic heterocycles. The van der Waals surface area contributed by atoms with Crippen LogP contribution in [0.1, 0.15) is 20.8 Å². The highest BCUT2D eigenvalue weighted by molar-refractivity contribution is 7.89. The van der Waals surface area contributed by atoms with Crippen LogP contribution < -0.4 is 14.8 Å². The van der Waals surface area contributed by atoms with Gasteiger partial charge >= 0.3 is 0 Å². The molecule has 0 spiro atoms. The van der Waals surface area contributed by atoms with Crippen LogP contribution in [0.5, 0.6) is 5.75 Å². The van der Waals surface area contributed by atoms with Crippen molar-refractivity contribution in [2.24, 2.45) is 0 Å². The first-order valence-electron chi connectivity index (χ1n) is 9.16. The SMILES string of the molecule is O=C(NCC1Cc2ccccc2O1)c1cccc(S(=O)(=O)NCc2cccs2)c1. The van der Waals surface area contributed by atoms with Gasteiger partial charge in [-0.1, -0.05) is 30.3 Å². The second-order valence-electron chi connectivity index (χ2n) is 6.69. The molecule has 2 N–H and O–H groups in total. The van der Waals surface area contributed by atoms with E-state index in [1.807, 2.05) is 41.8 Å². The summed E-state index contributed by atoms with van der Waals surface area (Å²) in [7, 11) is -3.71. The molecular formula is C21H20N2O4S2. The van der Waals surface area contributed by atoms with E-state index in [0.29, 0.717) is 12.1 Å². The fourth-order valence-corrected chi connectivity index (χ4v) is 4.93. The van der Waals surface area contributed by atoms with Crippen molar-refractivity contribution in [3.63, 3.8) is 0 Å². The zero-order valence-corrected chi connectivity index (χ0v) is 17.1. The molecular weight excluding hydrogens is 408 g/mol. The molecule has 1 aliphatic rings. The predicted octanol–water partition coefficient (Wildman–Crippen LogP) is 2.96. The highest BCUT2D eigenvalue weighted by Gasteiger charge is 2.23. The van der Waals surface area contributed by atoms with Crippen LogP contribution in [0, 0.1) is 0 Å². The number of benzene rings is 2. The first-order valence-corrected chi connectivity index (χ1v) is 11.5. The van der Waals surface area contributed by atoms with Crippen molar-refractivity contribution in [2.45, 2.75) is 24.0 Å². The molecule has 0 aliphatic carbocycles. The second-order valence-corrected chi connectivity index (χ2v) is 9.49. The van der Waals surface area contributed by atoms with Gasteiger partial charge in [0.1, 0.15) is 11.9 Å². The minimum atomic E-state index is -3.71. The maximum atomic E-state index is 12.5. The second kappa shape index (κ2) is 8.36. The molecule has 150 valence electrons. The number of nitrogens with one attached hydrogen (secondary N) is 2. The Labute approximate surface area is 173 Å². The van der Waals surface area contributed by atoms with Gasteiger partial charge in [-0.15, -0.1) is 11.3 Å². The zero-order chi connectivity index (χ0) is 20.3. The molecule has 2 aromatic carbocycles. The Bertz CT molecular complexity index is 1090. The first kappa shape index (κ1) is 19.6. The van der Waals surface area contributed by atoms with Crippen LogP contribution in [0.4, 0.5) is 0 Å². The molecule has 1 amide bonds. The fraction of sp³-hybridized carbons (Fsp3) is 0.190. The van der Waals surface area contributed by atoms with Gasteiger partial charge in [0.15, 0.2) is 0 Å². The molecule has 3 aromatic rings. The average molecular weight is 429 g/mol. The zero-order valence-electron chi connectivity index (χ0n) is 15.5. The largest absolute Gasteiger partial charge is 0.488 e. The summed E-state index contributed by atoms with van der Waals surface area (Å²) in [6, 6.07) is 17.5. The highest BCUT2D eigenvalue weighted by Crippen LogP contribution is 2.27. The van der Waals surface area contributed by atoms with Crippen molar-refractivity contribution < 1.29 is 17.9 Å². The molecule has 0 fully saturated rings. The lowest BCUT2D eigenvalue weighted by Crippen LogP contribution is -2.34. The first-order chi connectivity index (χ1) is 14.0. The fourth-order valence-electron chi connectivity index (χ4n) is 3.14. The van der Waals surface area contributed by atoms with Crippen molar-refractivity contribution >= 4 is 27.3 Å². The van der Waals surface area contributed by atoms with E-state index in [4.69, 9.17) is 4.74 Å². The third-order valence-electron chi connectivity index (χ3n) is 4.63. The molecule has 4 rings (SSSR count). The lowest BCUT2D eigenvalue weighted by molar-refractivity contribution is 0.0933. The number of ether oxygens (including phenoxy) is 1. The smallest absolute Gasteiger partial charge is 0.251 e. The van der Waals surface area contributed by atoms with Crippen molar-refractivity contribution in [3.05, 3.63) is 82.0 Å². The molecule has 0 saturated heterocycles. The third-order valence-corrected chi connectivity index (χ3v) is 6.90. The van der Waals surface area contributed by atoms with E-state index >= 15 is 0 Å². The topological polar surface area (TPSA) is 84.5 Å². The van der Waals surface area contributed by atoms with E-state index in [0.717, 1.165) is 22.6 Å². The van der Waals surface area contributed by atoms with E-state index in [9.17, 15) is 13.2 Å². The summed E-state index contributed by atoms with van der Waals surface area (Å²) < 4.78 is 33.5. The van der Waals surface area contributed by atoms with Gasteiger partial charge in [0.05, 0.1) is 11.4 Å². The molecule has 8 heteroatoms. The van der Waals surface area contributed by atoms with Crippen LogP contribution in [-0.4, -0.2) is 27.0 Å². The molecule has 2 heterocycles. The summed E-state index contributed by atoms with van der Waals surface area (Å²) in [5, 5.41) is 4.72. The number of thiophene rings is 1. The van der Waals surface area contributed by atoms with Crippen LogP contribution in [0.25, 0.3) is 0 Å². The minimum Gasteiger partial charge on any atom is -0.488 e. The van der Waals surface area contributed by atoms with Crippen LogP contribution in [0.2, 0.25) is 0 Å². The number of carbonyl (C=O) groups is 1. The number of rotatable bonds is 7. The summed E-state index contributed by atoms with van der Waals surface area (Å²) in [5.41, 5.74) is 1.41. The summed E-state index contributed by atoms with van der Waals surface area (Å²) >= 11 is 1.48. The van der Waals surface area contributed by atoms with Crippen LogP contribution in [0.3, 0.4) is 0 Å². The summed E-state index contributed by atoms with van der Waals surface area (Å²) in [5.74, 6) is 0.511. The molecule has 0 bridgehead atoms. The maximum Gasteiger partial charge on any atom is 0.251 e. The predicted molar refractivity (Wildman–Crippen MR) is 112 cm³/mol. The highest BCUT2D eigenvalue weighted by atomic mass is 32.2. The van der Waals surface area contributed by atoms with Gasteiger partial charge in [0, 0.05) is 23.4 Å². The van der Waals surface area contributed by atoms with Gasteiger partial charge in [-0.2, -0.15) is 0 Å². The Kier molecular flexibility index (Phi) is 5.66. The number of hydrogen-bond acceptors (Lipinski definition) is 5. The van der Waals surface area contributed by atoms with E-state index in [1.165, 1.54) is 23.5 Å². The van der Waals surface area contributed by atoms with Gasteiger partial charge in [0.2, 0.25) is 10.0 Å². The summed E-state index contributed by atoms with van der Waals surface area (Å²) in [6.45, 7) is 0.567. The van der Waals surface area contributed by atoms with Gasteiger partial charge in [-0.05, 0) is 41.3 Å². The van der Waals surface area contributed by atoms with E-state index in [1.54, 1.807) is 12.1 Å². The third kappa shape index (κ3) is 4.67. The van der Waals surface area contributed by atoms with E-state index in [2.05, 4.69) is 10.0 Å². The van der Waals surface area contributed by atoms with Gasteiger partial charge in [0.25, 0.3) is 5.91 Å². The normalized spacial score (nSPS) is 15.5. The van der Waals surface area contributed by atoms with Crippen molar-refractivity contribution in [1.29, 1.82) is 0 Å². The van der Waals surface area contributed by atoms with Crippen molar-refractivity contribution in [2.75, 3.05) is 6.54 Å². The summed E-state index contributed by atoms with van der Waals surface area (Å²) in [4.78, 5) is 13.5. The number of amides is 1. The van der Waals surface area contributed by atoms with Gasteiger partial charge < -0.3 is 10.1 Å². The van der Waals surface area contributed by atoms with Crippen LogP contribution in [-0.2, 0) is 23.0 Å². The lowest BCUT2D eigenvalue weighted by atomic mass is 10.1. The Hall–Kier alpha value is -2.68. The molecule has 6 nitrogen and oxygen atoms in total.